The zero-order valence-electron chi connectivity index (χ0n) is 9.94. The molecule has 1 aliphatic carbocycles. The lowest BCUT2D eigenvalue weighted by Crippen LogP contribution is -2.60. The second-order valence-corrected chi connectivity index (χ2v) is 6.15. The first-order valence-electron chi connectivity index (χ1n) is 5.85. The molecule has 0 amide bonds. The van der Waals surface area contributed by atoms with Gasteiger partial charge in [0.2, 0.25) is 0 Å². The Morgan fingerprint density at radius 1 is 1.18 bits per heavy atom. The topological polar surface area (TPSA) is 49.5 Å². The minimum atomic E-state index is -0.729. The van der Waals surface area contributed by atoms with Crippen LogP contribution in [0.1, 0.15) is 20.3 Å². The van der Waals surface area contributed by atoms with Crippen molar-refractivity contribution < 1.29 is 23.7 Å². The Balaban J connectivity index is 1.70. The maximum absolute atomic E-state index is 6.39. The van der Waals surface area contributed by atoms with Crippen molar-refractivity contribution in [3.05, 3.63) is 0 Å². The maximum Gasteiger partial charge on any atom is 0.199 e. The highest BCUT2D eigenvalue weighted by atomic mass is 35.5. The van der Waals surface area contributed by atoms with E-state index in [4.69, 9.17) is 35.3 Å². The molecule has 0 aromatic heterocycles. The van der Waals surface area contributed by atoms with Gasteiger partial charge in [-0.05, 0) is 13.8 Å². The molecule has 96 valence electrons. The highest BCUT2D eigenvalue weighted by molar-refractivity contribution is 6.27. The number of fused-ring (bicyclic) bond motifs is 4. The number of rotatable bonds is 1. The molecule has 4 rings (SSSR count). The summed E-state index contributed by atoms with van der Waals surface area (Å²) < 4.78 is 28.5. The van der Waals surface area contributed by atoms with Crippen molar-refractivity contribution in [1.29, 1.82) is 0 Å². The minimum absolute atomic E-state index is 0.0905. The third-order valence-corrected chi connectivity index (χ3v) is 4.80. The van der Waals surface area contributed by atoms with Crippen LogP contribution in [0.2, 0.25) is 0 Å². The molecule has 3 heterocycles. The molecule has 4 aliphatic rings. The van der Waals surface area contributed by atoms with Gasteiger partial charge < -0.3 is 23.7 Å². The quantitative estimate of drug-likeness (QED) is 0.521. The third kappa shape index (κ3) is 1.09. The SMILES string of the molecule is COC1O[C@@]2(CC3OC32Cl)[C@@H]2OC(C)(C)OC12. The Hall–Kier alpha value is 0.0900. The fraction of sp³-hybridized carbons (Fsp3) is 1.00. The van der Waals surface area contributed by atoms with E-state index in [1.807, 2.05) is 13.8 Å². The van der Waals surface area contributed by atoms with E-state index in [1.54, 1.807) is 7.11 Å². The van der Waals surface area contributed by atoms with Gasteiger partial charge in [0.1, 0.15) is 23.9 Å². The van der Waals surface area contributed by atoms with E-state index >= 15 is 0 Å². The second kappa shape index (κ2) is 2.81. The first-order valence-corrected chi connectivity index (χ1v) is 6.23. The number of hydrogen-bond donors (Lipinski definition) is 0. The summed E-state index contributed by atoms with van der Waals surface area (Å²) in [6.45, 7) is 3.77. The lowest BCUT2D eigenvalue weighted by molar-refractivity contribution is -0.263. The van der Waals surface area contributed by atoms with Crippen LogP contribution in [0.5, 0.6) is 0 Å². The number of epoxide rings is 1. The Kier molecular flexibility index (Phi) is 1.81. The van der Waals surface area contributed by atoms with Crippen LogP contribution in [0.25, 0.3) is 0 Å². The molecule has 5 nitrogen and oxygen atoms in total. The molecule has 3 aliphatic heterocycles. The Labute approximate surface area is 104 Å². The summed E-state index contributed by atoms with van der Waals surface area (Å²) >= 11 is 6.39. The summed E-state index contributed by atoms with van der Waals surface area (Å²) in [5.74, 6) is -0.629. The fourth-order valence-corrected chi connectivity index (χ4v) is 3.73. The molecule has 6 atom stereocenters. The number of alkyl halides is 1. The Morgan fingerprint density at radius 3 is 2.47 bits per heavy atom. The van der Waals surface area contributed by atoms with Gasteiger partial charge in [-0.1, -0.05) is 11.6 Å². The fourth-order valence-electron chi connectivity index (χ4n) is 3.31. The first kappa shape index (κ1) is 11.0. The van der Waals surface area contributed by atoms with E-state index < -0.39 is 22.7 Å². The largest absolute Gasteiger partial charge is 0.353 e. The minimum Gasteiger partial charge on any atom is -0.353 e. The second-order valence-electron chi connectivity index (χ2n) is 5.59. The van der Waals surface area contributed by atoms with E-state index in [1.165, 1.54) is 0 Å². The molecule has 0 bridgehead atoms. The van der Waals surface area contributed by atoms with E-state index in [0.29, 0.717) is 0 Å². The van der Waals surface area contributed by atoms with Gasteiger partial charge >= 0.3 is 0 Å². The van der Waals surface area contributed by atoms with Crippen molar-refractivity contribution >= 4 is 11.6 Å². The molecular weight excluding hydrogens is 248 g/mol. The molecule has 0 aromatic carbocycles. The molecule has 4 unspecified atom stereocenters. The van der Waals surface area contributed by atoms with E-state index in [2.05, 4.69) is 0 Å². The molecule has 17 heavy (non-hydrogen) atoms. The van der Waals surface area contributed by atoms with Crippen LogP contribution in [-0.4, -0.2) is 48.2 Å². The molecule has 4 fully saturated rings. The van der Waals surface area contributed by atoms with Gasteiger partial charge in [0, 0.05) is 13.5 Å². The van der Waals surface area contributed by atoms with Gasteiger partial charge in [-0.25, -0.2) is 0 Å². The predicted molar refractivity (Wildman–Crippen MR) is 56.5 cm³/mol. The van der Waals surface area contributed by atoms with Crippen LogP contribution in [0.3, 0.4) is 0 Å². The highest BCUT2D eigenvalue weighted by Gasteiger charge is 2.87. The molecule has 1 spiro atoms. The molecule has 0 N–H and O–H groups in total. The van der Waals surface area contributed by atoms with Crippen LogP contribution >= 0.6 is 11.6 Å². The summed E-state index contributed by atoms with van der Waals surface area (Å²) in [5.41, 5.74) is -0.613. The van der Waals surface area contributed by atoms with Crippen LogP contribution in [-0.2, 0) is 23.7 Å². The number of hydrogen-bond acceptors (Lipinski definition) is 5. The Morgan fingerprint density at radius 2 is 1.94 bits per heavy atom. The summed E-state index contributed by atoms with van der Waals surface area (Å²) in [5, 5.41) is -0.729. The van der Waals surface area contributed by atoms with Crippen molar-refractivity contribution in [3.8, 4) is 0 Å². The number of halogens is 1. The zero-order valence-corrected chi connectivity index (χ0v) is 10.7. The number of methoxy groups -OCH3 is 1. The first-order chi connectivity index (χ1) is 7.92. The van der Waals surface area contributed by atoms with Crippen molar-refractivity contribution in [3.63, 3.8) is 0 Å². The lowest BCUT2D eigenvalue weighted by atomic mass is 9.75. The van der Waals surface area contributed by atoms with Gasteiger partial charge in [-0.3, -0.25) is 0 Å². The van der Waals surface area contributed by atoms with Crippen LogP contribution in [0.4, 0.5) is 0 Å². The van der Waals surface area contributed by atoms with Crippen molar-refractivity contribution in [1.82, 2.24) is 0 Å². The van der Waals surface area contributed by atoms with E-state index in [-0.39, 0.29) is 18.3 Å². The van der Waals surface area contributed by atoms with Crippen LogP contribution in [0.15, 0.2) is 0 Å². The van der Waals surface area contributed by atoms with E-state index in [0.717, 1.165) is 6.42 Å². The van der Waals surface area contributed by atoms with Gasteiger partial charge in [-0.15, -0.1) is 0 Å². The summed E-state index contributed by atoms with van der Waals surface area (Å²) in [4.78, 5) is 0. The summed E-state index contributed by atoms with van der Waals surface area (Å²) in [6, 6.07) is 0. The van der Waals surface area contributed by atoms with E-state index in [9.17, 15) is 0 Å². The van der Waals surface area contributed by atoms with Crippen LogP contribution < -0.4 is 0 Å². The molecule has 0 radical (unpaired) electrons. The Bertz CT molecular complexity index is 388. The van der Waals surface area contributed by atoms with Gasteiger partial charge in [0.25, 0.3) is 0 Å². The zero-order chi connectivity index (χ0) is 12.1. The lowest BCUT2D eigenvalue weighted by Gasteiger charge is -2.41. The van der Waals surface area contributed by atoms with Crippen molar-refractivity contribution in [2.24, 2.45) is 0 Å². The van der Waals surface area contributed by atoms with Gasteiger partial charge in [0.05, 0.1) is 0 Å². The van der Waals surface area contributed by atoms with Gasteiger partial charge in [-0.2, -0.15) is 0 Å². The van der Waals surface area contributed by atoms with Gasteiger partial charge in [0.15, 0.2) is 17.1 Å². The smallest absolute Gasteiger partial charge is 0.199 e. The van der Waals surface area contributed by atoms with Crippen molar-refractivity contribution in [2.45, 2.75) is 61.3 Å². The molecule has 3 saturated heterocycles. The monoisotopic (exact) mass is 262 g/mol. The maximum atomic E-state index is 6.39. The number of ether oxygens (including phenoxy) is 5. The standard InChI is InChI=1S/C11H15ClO5/c1-9(2)15-6-7(16-9)10(17-8(6)13-3)4-5-11(10,12)14-5/h5-8H,4H2,1-3H3/t5?,6?,7-,8?,10+,11?/m1/s1. The molecular formula is C11H15ClO5. The highest BCUT2D eigenvalue weighted by Crippen LogP contribution is 2.70. The molecule has 6 heteroatoms. The average molecular weight is 263 g/mol. The van der Waals surface area contributed by atoms with Crippen LogP contribution in [0, 0.1) is 0 Å². The predicted octanol–water partition coefficient (Wildman–Crippen LogP) is 0.986. The average Bonchev–Trinajstić information content (AvgIpc) is 2.58. The summed E-state index contributed by atoms with van der Waals surface area (Å²) in [7, 11) is 1.60. The molecule has 1 saturated carbocycles. The van der Waals surface area contributed by atoms with Crippen molar-refractivity contribution in [2.75, 3.05) is 7.11 Å². The molecule has 0 aromatic rings. The normalized spacial score (nSPS) is 62.1. The summed E-state index contributed by atoms with van der Waals surface area (Å²) in [6.07, 6.45) is -0.0680. The third-order valence-electron chi connectivity index (χ3n) is 4.15.